The van der Waals surface area contributed by atoms with Gasteiger partial charge in [0.2, 0.25) is 0 Å². The van der Waals surface area contributed by atoms with Crippen molar-refractivity contribution in [1.82, 2.24) is 5.43 Å². The Morgan fingerprint density at radius 1 is 1.46 bits per heavy atom. The molecule has 3 nitrogen and oxygen atoms in total. The van der Waals surface area contributed by atoms with Crippen LogP contribution in [0.3, 0.4) is 0 Å². The molecule has 0 aliphatic rings. The number of amides is 1. The van der Waals surface area contributed by atoms with Crippen molar-refractivity contribution in [3.05, 3.63) is 35.4 Å². The molecule has 0 spiro atoms. The zero-order chi connectivity index (χ0) is 9.84. The minimum Gasteiger partial charge on any atom is -0.290 e. The highest BCUT2D eigenvalue weighted by atomic mass is 16.2. The molecule has 1 aromatic rings. The van der Waals surface area contributed by atoms with Gasteiger partial charge in [-0.05, 0) is 23.6 Å². The summed E-state index contributed by atoms with van der Waals surface area (Å²) in [4.78, 5) is 11.2. The van der Waals surface area contributed by atoms with Gasteiger partial charge in [0, 0.05) is 5.56 Å². The maximum absolute atomic E-state index is 11.2. The lowest BCUT2D eigenvalue weighted by atomic mass is 10.0. The van der Waals surface area contributed by atoms with Crippen LogP contribution in [0, 0.1) is 0 Å². The van der Waals surface area contributed by atoms with Crippen molar-refractivity contribution in [2.24, 2.45) is 5.84 Å². The Kier molecular flexibility index (Phi) is 3.03. The zero-order valence-corrected chi connectivity index (χ0v) is 7.87. The van der Waals surface area contributed by atoms with E-state index < -0.39 is 0 Å². The highest BCUT2D eigenvalue weighted by Gasteiger charge is 2.05. The number of nitrogens with two attached hydrogens (primary N) is 1. The summed E-state index contributed by atoms with van der Waals surface area (Å²) in [5.41, 5.74) is 3.85. The highest BCUT2D eigenvalue weighted by molar-refractivity contribution is 5.93. The number of nitrogen functional groups attached to an aromatic ring is 1. The molecular formula is C10H14N2O. The minimum absolute atomic E-state index is 0.248. The van der Waals surface area contributed by atoms with Gasteiger partial charge < -0.3 is 0 Å². The Bertz CT molecular complexity index is 308. The third kappa shape index (κ3) is 2.29. The number of nitrogens with one attached hydrogen (secondary N) is 1. The van der Waals surface area contributed by atoms with Crippen molar-refractivity contribution in [1.29, 1.82) is 0 Å². The molecule has 0 aromatic heterocycles. The molecule has 0 bridgehead atoms. The Balaban J connectivity index is 2.98. The van der Waals surface area contributed by atoms with E-state index in [0.717, 1.165) is 5.56 Å². The van der Waals surface area contributed by atoms with Gasteiger partial charge in [-0.3, -0.25) is 10.2 Å². The van der Waals surface area contributed by atoms with Crippen LogP contribution in [-0.4, -0.2) is 5.91 Å². The molecule has 0 unspecified atom stereocenters. The Morgan fingerprint density at radius 3 is 2.69 bits per heavy atom. The van der Waals surface area contributed by atoms with Crippen LogP contribution in [-0.2, 0) is 0 Å². The first kappa shape index (κ1) is 9.74. The van der Waals surface area contributed by atoms with E-state index >= 15 is 0 Å². The van der Waals surface area contributed by atoms with Crippen molar-refractivity contribution in [3.8, 4) is 0 Å². The first-order chi connectivity index (χ1) is 6.15. The molecule has 3 N–H and O–H groups in total. The molecular weight excluding hydrogens is 164 g/mol. The lowest BCUT2D eigenvalue weighted by molar-refractivity contribution is 0.0953. The van der Waals surface area contributed by atoms with Crippen molar-refractivity contribution < 1.29 is 4.79 Å². The molecule has 0 aliphatic heterocycles. The lowest BCUT2D eigenvalue weighted by Gasteiger charge is -2.06. The molecule has 1 rings (SSSR count). The summed E-state index contributed by atoms with van der Waals surface area (Å²) >= 11 is 0. The number of carbonyl (C=O) groups excluding carboxylic acids is 1. The summed E-state index contributed by atoms with van der Waals surface area (Å²) in [5, 5.41) is 0. The van der Waals surface area contributed by atoms with E-state index in [2.05, 4.69) is 19.3 Å². The van der Waals surface area contributed by atoms with Gasteiger partial charge in [0.05, 0.1) is 0 Å². The standard InChI is InChI=1S/C10H14N2O/c1-7(2)8-4-3-5-9(6-8)10(13)12-11/h3-7H,11H2,1-2H3,(H,12,13). The van der Waals surface area contributed by atoms with Gasteiger partial charge in [0.25, 0.3) is 5.91 Å². The number of hydrogen-bond donors (Lipinski definition) is 2. The Labute approximate surface area is 77.9 Å². The second kappa shape index (κ2) is 4.05. The van der Waals surface area contributed by atoms with Crippen molar-refractivity contribution in [2.75, 3.05) is 0 Å². The molecule has 0 fully saturated rings. The molecule has 0 atom stereocenters. The van der Waals surface area contributed by atoms with Gasteiger partial charge in [-0.25, -0.2) is 5.84 Å². The largest absolute Gasteiger partial charge is 0.290 e. The smallest absolute Gasteiger partial charge is 0.265 e. The SMILES string of the molecule is CC(C)c1cccc(C(=O)NN)c1. The predicted molar refractivity (Wildman–Crippen MR) is 52.2 cm³/mol. The first-order valence-electron chi connectivity index (χ1n) is 4.26. The summed E-state index contributed by atoms with van der Waals surface area (Å²) in [6.07, 6.45) is 0. The molecule has 13 heavy (non-hydrogen) atoms. The fraction of sp³-hybridized carbons (Fsp3) is 0.300. The molecule has 70 valence electrons. The van der Waals surface area contributed by atoms with Crippen molar-refractivity contribution in [3.63, 3.8) is 0 Å². The monoisotopic (exact) mass is 178 g/mol. The predicted octanol–water partition coefficient (Wildman–Crippen LogP) is 1.41. The number of benzene rings is 1. The minimum atomic E-state index is -0.248. The molecule has 1 aromatic carbocycles. The average molecular weight is 178 g/mol. The van der Waals surface area contributed by atoms with Crippen LogP contribution in [0.5, 0.6) is 0 Å². The number of hydrazine groups is 1. The van der Waals surface area contributed by atoms with Crippen LogP contribution in [0.25, 0.3) is 0 Å². The van der Waals surface area contributed by atoms with Gasteiger partial charge in [-0.2, -0.15) is 0 Å². The van der Waals surface area contributed by atoms with Crippen LogP contribution in [0.2, 0.25) is 0 Å². The second-order valence-electron chi connectivity index (χ2n) is 3.25. The molecule has 0 saturated carbocycles. The van der Waals surface area contributed by atoms with Gasteiger partial charge in [0.1, 0.15) is 0 Å². The van der Waals surface area contributed by atoms with E-state index in [9.17, 15) is 4.79 Å². The molecule has 0 aliphatic carbocycles. The Hall–Kier alpha value is -1.35. The molecule has 1 amide bonds. The summed E-state index contributed by atoms with van der Waals surface area (Å²) in [5.74, 6) is 5.20. The summed E-state index contributed by atoms with van der Waals surface area (Å²) in [6, 6.07) is 7.46. The summed E-state index contributed by atoms with van der Waals surface area (Å²) < 4.78 is 0. The van der Waals surface area contributed by atoms with Gasteiger partial charge in [0.15, 0.2) is 0 Å². The Morgan fingerprint density at radius 2 is 2.15 bits per heavy atom. The van der Waals surface area contributed by atoms with Crippen LogP contribution in [0.15, 0.2) is 24.3 Å². The van der Waals surface area contributed by atoms with Crippen LogP contribution in [0.1, 0.15) is 35.7 Å². The lowest BCUT2D eigenvalue weighted by Crippen LogP contribution is -2.29. The van der Waals surface area contributed by atoms with Crippen LogP contribution >= 0.6 is 0 Å². The maximum Gasteiger partial charge on any atom is 0.265 e. The maximum atomic E-state index is 11.2. The van der Waals surface area contributed by atoms with Gasteiger partial charge in [-0.1, -0.05) is 26.0 Å². The van der Waals surface area contributed by atoms with E-state index in [4.69, 9.17) is 5.84 Å². The second-order valence-corrected chi connectivity index (χ2v) is 3.25. The number of hydrogen-bond acceptors (Lipinski definition) is 2. The quantitative estimate of drug-likeness (QED) is 0.409. The van der Waals surface area contributed by atoms with E-state index in [-0.39, 0.29) is 5.91 Å². The van der Waals surface area contributed by atoms with Crippen LogP contribution in [0.4, 0.5) is 0 Å². The molecule has 0 heterocycles. The number of rotatable bonds is 2. The third-order valence-corrected chi connectivity index (χ3v) is 1.95. The third-order valence-electron chi connectivity index (χ3n) is 1.95. The van der Waals surface area contributed by atoms with Crippen molar-refractivity contribution >= 4 is 5.91 Å². The zero-order valence-electron chi connectivity index (χ0n) is 7.87. The fourth-order valence-electron chi connectivity index (χ4n) is 1.12. The van der Waals surface area contributed by atoms with Crippen LogP contribution < -0.4 is 11.3 Å². The molecule has 0 saturated heterocycles. The number of carbonyl (C=O) groups is 1. The van der Waals surface area contributed by atoms with Crippen molar-refractivity contribution in [2.45, 2.75) is 19.8 Å². The highest BCUT2D eigenvalue weighted by Crippen LogP contribution is 2.15. The normalized spacial score (nSPS) is 10.2. The summed E-state index contributed by atoms with van der Waals surface area (Å²) in [7, 11) is 0. The fourth-order valence-corrected chi connectivity index (χ4v) is 1.12. The van der Waals surface area contributed by atoms with Gasteiger partial charge >= 0.3 is 0 Å². The average Bonchev–Trinajstić information content (AvgIpc) is 2.17. The first-order valence-corrected chi connectivity index (χ1v) is 4.26. The van der Waals surface area contributed by atoms with Gasteiger partial charge in [-0.15, -0.1) is 0 Å². The van der Waals surface area contributed by atoms with E-state index in [1.54, 1.807) is 6.07 Å². The van der Waals surface area contributed by atoms with E-state index in [1.807, 2.05) is 18.2 Å². The molecule has 0 radical (unpaired) electrons. The van der Waals surface area contributed by atoms with E-state index in [1.165, 1.54) is 0 Å². The van der Waals surface area contributed by atoms with E-state index in [0.29, 0.717) is 11.5 Å². The topological polar surface area (TPSA) is 55.1 Å². The molecule has 3 heteroatoms. The summed E-state index contributed by atoms with van der Waals surface area (Å²) in [6.45, 7) is 4.17.